The zero-order chi connectivity index (χ0) is 13.0. The number of benzene rings is 1. The van der Waals surface area contributed by atoms with Crippen LogP contribution in [0.2, 0.25) is 0 Å². The van der Waals surface area contributed by atoms with E-state index in [1.807, 2.05) is 43.4 Å². The van der Waals surface area contributed by atoms with Gasteiger partial charge >= 0.3 is 0 Å². The van der Waals surface area contributed by atoms with Gasteiger partial charge in [-0.3, -0.25) is 9.48 Å². The minimum Gasteiger partial charge on any atom is -0.349 e. The van der Waals surface area contributed by atoms with Gasteiger partial charge in [0.1, 0.15) is 6.04 Å². The second kappa shape index (κ2) is 5.46. The van der Waals surface area contributed by atoms with Crippen LogP contribution in [0.1, 0.15) is 17.3 Å². The van der Waals surface area contributed by atoms with Crippen molar-refractivity contribution in [2.75, 3.05) is 0 Å². The van der Waals surface area contributed by atoms with Crippen molar-refractivity contribution in [3.63, 3.8) is 0 Å². The number of aromatic nitrogens is 2. The molecule has 0 radical (unpaired) electrons. The molecule has 0 aliphatic heterocycles. The summed E-state index contributed by atoms with van der Waals surface area (Å²) in [5.41, 5.74) is 7.62. The fourth-order valence-corrected chi connectivity index (χ4v) is 1.67. The number of carbonyl (C=O) groups excluding carboxylic acids is 1. The highest BCUT2D eigenvalue weighted by molar-refractivity contribution is 5.82. The predicted molar refractivity (Wildman–Crippen MR) is 68.4 cm³/mol. The Morgan fingerprint density at radius 3 is 2.72 bits per heavy atom. The number of carbonyl (C=O) groups is 1. The van der Waals surface area contributed by atoms with E-state index in [9.17, 15) is 4.79 Å². The molecule has 94 valence electrons. The van der Waals surface area contributed by atoms with Gasteiger partial charge in [-0.15, -0.1) is 0 Å². The zero-order valence-electron chi connectivity index (χ0n) is 10.2. The third kappa shape index (κ3) is 2.75. The van der Waals surface area contributed by atoms with Crippen LogP contribution in [0, 0.1) is 0 Å². The Balaban J connectivity index is 1.95. The molecule has 0 aliphatic rings. The Hall–Kier alpha value is -2.14. The van der Waals surface area contributed by atoms with Crippen LogP contribution < -0.4 is 11.1 Å². The first-order chi connectivity index (χ1) is 8.68. The number of hydrogen-bond acceptors (Lipinski definition) is 3. The number of hydrogen-bond donors (Lipinski definition) is 2. The van der Waals surface area contributed by atoms with Gasteiger partial charge in [-0.2, -0.15) is 5.10 Å². The second-order valence-corrected chi connectivity index (χ2v) is 4.05. The Kier molecular flexibility index (Phi) is 3.74. The van der Waals surface area contributed by atoms with Crippen LogP contribution in [0.3, 0.4) is 0 Å². The molecule has 1 atom stereocenters. The first-order valence-electron chi connectivity index (χ1n) is 5.73. The van der Waals surface area contributed by atoms with Crippen molar-refractivity contribution in [3.05, 3.63) is 53.9 Å². The highest BCUT2D eigenvalue weighted by atomic mass is 16.2. The molecule has 0 fully saturated rings. The van der Waals surface area contributed by atoms with Crippen LogP contribution in [0.4, 0.5) is 0 Å². The molecule has 0 saturated heterocycles. The third-order valence-corrected chi connectivity index (χ3v) is 2.81. The van der Waals surface area contributed by atoms with Crippen LogP contribution in [0.15, 0.2) is 42.6 Å². The van der Waals surface area contributed by atoms with Gasteiger partial charge < -0.3 is 11.1 Å². The molecule has 1 aromatic carbocycles. The lowest BCUT2D eigenvalue weighted by Crippen LogP contribution is -2.34. The Bertz CT molecular complexity index is 521. The summed E-state index contributed by atoms with van der Waals surface area (Å²) in [4.78, 5) is 11.9. The summed E-state index contributed by atoms with van der Waals surface area (Å²) in [6, 6.07) is 10.5. The standard InChI is InChI=1S/C13H16N4O/c1-17-11(7-8-16-17)9-15-13(18)12(14)10-5-3-2-4-6-10/h2-8,12H,9,14H2,1H3,(H,15,18)/t12-/m0/s1. The first-order valence-corrected chi connectivity index (χ1v) is 5.73. The molecule has 1 heterocycles. The molecule has 1 aromatic heterocycles. The molecule has 5 heteroatoms. The number of amides is 1. The van der Waals surface area contributed by atoms with Gasteiger partial charge in [0.25, 0.3) is 0 Å². The van der Waals surface area contributed by atoms with Gasteiger partial charge in [-0.05, 0) is 11.6 Å². The first kappa shape index (κ1) is 12.3. The Morgan fingerprint density at radius 1 is 1.39 bits per heavy atom. The lowest BCUT2D eigenvalue weighted by atomic mass is 10.1. The minimum absolute atomic E-state index is 0.192. The highest BCUT2D eigenvalue weighted by Gasteiger charge is 2.15. The van der Waals surface area contributed by atoms with Crippen molar-refractivity contribution in [1.29, 1.82) is 0 Å². The highest BCUT2D eigenvalue weighted by Crippen LogP contribution is 2.09. The van der Waals surface area contributed by atoms with Gasteiger partial charge in [-0.1, -0.05) is 30.3 Å². The number of nitrogens with two attached hydrogens (primary N) is 1. The smallest absolute Gasteiger partial charge is 0.241 e. The summed E-state index contributed by atoms with van der Waals surface area (Å²) in [5.74, 6) is -0.192. The molecule has 2 aromatic rings. The van der Waals surface area contributed by atoms with Crippen LogP contribution >= 0.6 is 0 Å². The zero-order valence-corrected chi connectivity index (χ0v) is 10.2. The molecule has 0 bridgehead atoms. The van der Waals surface area contributed by atoms with E-state index in [4.69, 9.17) is 5.73 Å². The predicted octanol–water partition coefficient (Wildman–Crippen LogP) is 0.736. The Morgan fingerprint density at radius 2 is 2.11 bits per heavy atom. The molecular formula is C13H16N4O. The maximum atomic E-state index is 11.9. The van der Waals surface area contributed by atoms with E-state index in [-0.39, 0.29) is 5.91 Å². The maximum Gasteiger partial charge on any atom is 0.241 e. The largest absolute Gasteiger partial charge is 0.349 e. The van der Waals surface area contributed by atoms with Crippen molar-refractivity contribution in [2.24, 2.45) is 12.8 Å². The van der Waals surface area contributed by atoms with Gasteiger partial charge in [0.2, 0.25) is 5.91 Å². The van der Waals surface area contributed by atoms with E-state index in [0.29, 0.717) is 6.54 Å². The molecule has 2 rings (SSSR count). The lowest BCUT2D eigenvalue weighted by Gasteiger charge is -2.12. The average molecular weight is 244 g/mol. The molecule has 18 heavy (non-hydrogen) atoms. The van der Waals surface area contributed by atoms with E-state index >= 15 is 0 Å². The molecule has 0 spiro atoms. The number of aryl methyl sites for hydroxylation is 1. The fourth-order valence-electron chi connectivity index (χ4n) is 1.67. The Labute approximate surface area is 106 Å². The molecule has 3 N–H and O–H groups in total. The SMILES string of the molecule is Cn1nccc1CNC(=O)[C@@H](N)c1ccccc1. The summed E-state index contributed by atoms with van der Waals surface area (Å²) < 4.78 is 1.72. The third-order valence-electron chi connectivity index (χ3n) is 2.81. The maximum absolute atomic E-state index is 11.9. The van der Waals surface area contributed by atoms with Crippen LogP contribution in [-0.4, -0.2) is 15.7 Å². The van der Waals surface area contributed by atoms with E-state index in [0.717, 1.165) is 11.3 Å². The molecule has 0 unspecified atom stereocenters. The van der Waals surface area contributed by atoms with E-state index in [2.05, 4.69) is 10.4 Å². The van der Waals surface area contributed by atoms with Gasteiger partial charge in [0.05, 0.1) is 12.2 Å². The van der Waals surface area contributed by atoms with E-state index in [1.54, 1.807) is 10.9 Å². The molecule has 0 aliphatic carbocycles. The van der Waals surface area contributed by atoms with Crippen LogP contribution in [0.5, 0.6) is 0 Å². The number of nitrogens with one attached hydrogen (secondary N) is 1. The van der Waals surface area contributed by atoms with E-state index < -0.39 is 6.04 Å². The normalized spacial score (nSPS) is 12.1. The number of nitrogens with zero attached hydrogens (tertiary/aromatic N) is 2. The molecule has 5 nitrogen and oxygen atoms in total. The summed E-state index contributed by atoms with van der Waals surface area (Å²) in [6.45, 7) is 0.426. The number of rotatable bonds is 4. The lowest BCUT2D eigenvalue weighted by molar-refractivity contribution is -0.122. The van der Waals surface area contributed by atoms with Crippen LogP contribution in [-0.2, 0) is 18.4 Å². The molecule has 1 amide bonds. The quantitative estimate of drug-likeness (QED) is 0.833. The van der Waals surface area contributed by atoms with Crippen molar-refractivity contribution >= 4 is 5.91 Å². The second-order valence-electron chi connectivity index (χ2n) is 4.05. The summed E-state index contributed by atoms with van der Waals surface area (Å²) in [5, 5.41) is 6.83. The molecule has 0 saturated carbocycles. The monoisotopic (exact) mass is 244 g/mol. The van der Waals surface area contributed by atoms with Crippen LogP contribution in [0.25, 0.3) is 0 Å². The summed E-state index contributed by atoms with van der Waals surface area (Å²) in [6.07, 6.45) is 1.69. The summed E-state index contributed by atoms with van der Waals surface area (Å²) >= 11 is 0. The van der Waals surface area contributed by atoms with E-state index in [1.165, 1.54) is 0 Å². The van der Waals surface area contributed by atoms with Crippen molar-refractivity contribution in [1.82, 2.24) is 15.1 Å². The van der Waals surface area contributed by atoms with Crippen molar-refractivity contribution in [3.8, 4) is 0 Å². The van der Waals surface area contributed by atoms with Crippen molar-refractivity contribution < 1.29 is 4.79 Å². The van der Waals surface area contributed by atoms with Crippen molar-refractivity contribution in [2.45, 2.75) is 12.6 Å². The van der Waals surface area contributed by atoms with Gasteiger partial charge in [-0.25, -0.2) is 0 Å². The minimum atomic E-state index is -0.639. The fraction of sp³-hybridized carbons (Fsp3) is 0.231. The average Bonchev–Trinajstić information content (AvgIpc) is 2.81. The van der Waals surface area contributed by atoms with Gasteiger partial charge in [0.15, 0.2) is 0 Å². The topological polar surface area (TPSA) is 72.9 Å². The molecular weight excluding hydrogens is 228 g/mol. The van der Waals surface area contributed by atoms with Gasteiger partial charge in [0, 0.05) is 13.2 Å². The summed E-state index contributed by atoms with van der Waals surface area (Å²) in [7, 11) is 1.83.